The van der Waals surface area contributed by atoms with Crippen LogP contribution in [0.1, 0.15) is 40.7 Å². The van der Waals surface area contributed by atoms with Crippen molar-refractivity contribution >= 4 is 5.91 Å². The van der Waals surface area contributed by atoms with Crippen molar-refractivity contribution in [1.82, 2.24) is 4.90 Å². The molecule has 100 valence electrons. The molecule has 19 heavy (non-hydrogen) atoms. The average Bonchev–Trinajstić information content (AvgIpc) is 2.35. The van der Waals surface area contributed by atoms with E-state index >= 15 is 0 Å². The summed E-state index contributed by atoms with van der Waals surface area (Å²) in [5, 5.41) is 0. The number of hydrogen-bond acceptors (Lipinski definition) is 2. The Labute approximate surface area is 114 Å². The second kappa shape index (κ2) is 5.90. The van der Waals surface area contributed by atoms with E-state index in [4.69, 9.17) is 5.73 Å². The van der Waals surface area contributed by atoms with Gasteiger partial charge in [0.25, 0.3) is 5.91 Å². The van der Waals surface area contributed by atoms with E-state index in [1.807, 2.05) is 37.1 Å². The summed E-state index contributed by atoms with van der Waals surface area (Å²) in [5.41, 5.74) is 8.06. The summed E-state index contributed by atoms with van der Waals surface area (Å²) in [7, 11) is 1.89. The predicted octanol–water partition coefficient (Wildman–Crippen LogP) is 1.93. The van der Waals surface area contributed by atoms with Crippen molar-refractivity contribution in [2.75, 3.05) is 13.6 Å². The second-order valence-corrected chi connectivity index (χ2v) is 5.04. The van der Waals surface area contributed by atoms with Gasteiger partial charge >= 0.3 is 0 Å². The van der Waals surface area contributed by atoms with Gasteiger partial charge in [0.05, 0.1) is 6.54 Å². The fraction of sp³-hybridized carbons (Fsp3) is 0.438. The Morgan fingerprint density at radius 1 is 1.47 bits per heavy atom. The molecule has 3 heteroatoms. The monoisotopic (exact) mass is 256 g/mol. The van der Waals surface area contributed by atoms with E-state index in [1.54, 1.807) is 0 Å². The van der Waals surface area contributed by atoms with Crippen molar-refractivity contribution in [2.45, 2.75) is 32.2 Å². The van der Waals surface area contributed by atoms with Gasteiger partial charge in [-0.2, -0.15) is 0 Å². The number of nitrogens with zero attached hydrogens (tertiary/aromatic N) is 1. The molecule has 0 unspecified atom stereocenters. The van der Waals surface area contributed by atoms with Crippen LogP contribution in [0.4, 0.5) is 0 Å². The lowest BCUT2D eigenvalue weighted by atomic mass is 9.91. The molecule has 1 aliphatic carbocycles. The Balaban J connectivity index is 2.22. The number of rotatable bonds is 2. The van der Waals surface area contributed by atoms with E-state index in [2.05, 4.69) is 11.8 Å². The first-order chi connectivity index (χ1) is 9.13. The summed E-state index contributed by atoms with van der Waals surface area (Å²) < 4.78 is 0. The molecular weight excluding hydrogens is 236 g/mol. The van der Waals surface area contributed by atoms with E-state index in [0.717, 1.165) is 24.0 Å². The summed E-state index contributed by atoms with van der Waals surface area (Å²) in [6.45, 7) is 2.32. The highest BCUT2D eigenvalue weighted by molar-refractivity contribution is 5.94. The van der Waals surface area contributed by atoms with Gasteiger partial charge < -0.3 is 10.6 Å². The van der Waals surface area contributed by atoms with E-state index in [9.17, 15) is 4.79 Å². The smallest absolute Gasteiger partial charge is 0.253 e. The van der Waals surface area contributed by atoms with Crippen molar-refractivity contribution < 1.29 is 4.79 Å². The molecule has 1 amide bonds. The zero-order valence-corrected chi connectivity index (χ0v) is 11.6. The van der Waals surface area contributed by atoms with Gasteiger partial charge in [-0.15, -0.1) is 0 Å². The number of hydrogen-bond donors (Lipinski definition) is 1. The Morgan fingerprint density at radius 2 is 2.21 bits per heavy atom. The minimum Gasteiger partial charge on any atom is -0.339 e. The van der Waals surface area contributed by atoms with Gasteiger partial charge in [-0.3, -0.25) is 4.79 Å². The quantitative estimate of drug-likeness (QED) is 0.822. The molecule has 1 fully saturated rings. The molecule has 0 heterocycles. The summed E-state index contributed by atoms with van der Waals surface area (Å²) in [6, 6.07) is 6.10. The topological polar surface area (TPSA) is 46.3 Å². The van der Waals surface area contributed by atoms with Gasteiger partial charge in [0, 0.05) is 24.2 Å². The maximum Gasteiger partial charge on any atom is 0.253 e. The lowest BCUT2D eigenvalue weighted by molar-refractivity contribution is 0.0652. The first kappa shape index (κ1) is 13.6. The fourth-order valence-electron chi connectivity index (χ4n) is 2.18. The van der Waals surface area contributed by atoms with Gasteiger partial charge in [-0.1, -0.05) is 17.9 Å². The molecule has 0 saturated heterocycles. The van der Waals surface area contributed by atoms with Crippen LogP contribution in [0.25, 0.3) is 0 Å². The maximum absolute atomic E-state index is 12.4. The molecule has 0 radical (unpaired) electrons. The molecule has 0 atom stereocenters. The van der Waals surface area contributed by atoms with Crippen molar-refractivity contribution in [2.24, 2.45) is 5.73 Å². The molecule has 1 saturated carbocycles. The summed E-state index contributed by atoms with van der Waals surface area (Å²) in [5.74, 6) is 5.94. The first-order valence-corrected chi connectivity index (χ1v) is 6.70. The third-order valence-electron chi connectivity index (χ3n) is 3.75. The molecule has 1 aromatic rings. The predicted molar refractivity (Wildman–Crippen MR) is 76.8 cm³/mol. The molecule has 0 spiro atoms. The number of carbonyl (C=O) groups is 1. The third-order valence-corrected chi connectivity index (χ3v) is 3.75. The highest BCUT2D eigenvalue weighted by atomic mass is 16.2. The van der Waals surface area contributed by atoms with E-state index in [1.165, 1.54) is 6.42 Å². The molecule has 0 aromatic heterocycles. The van der Waals surface area contributed by atoms with Crippen molar-refractivity contribution in [3.63, 3.8) is 0 Å². The molecular formula is C16H20N2O. The zero-order chi connectivity index (χ0) is 13.8. The van der Waals surface area contributed by atoms with Crippen molar-refractivity contribution in [3.05, 3.63) is 34.9 Å². The van der Waals surface area contributed by atoms with Crippen LogP contribution in [-0.2, 0) is 0 Å². The molecule has 0 bridgehead atoms. The molecule has 1 aliphatic rings. The van der Waals surface area contributed by atoms with Crippen LogP contribution in [0.3, 0.4) is 0 Å². The summed E-state index contributed by atoms with van der Waals surface area (Å²) in [6.07, 6.45) is 3.46. The van der Waals surface area contributed by atoms with Crippen LogP contribution in [0, 0.1) is 18.8 Å². The SMILES string of the molecule is Cc1ccc(C(=O)N(C)C2CCC2)cc1C#CCN. The van der Waals surface area contributed by atoms with Gasteiger partial charge in [0.2, 0.25) is 0 Å². The molecule has 0 aliphatic heterocycles. The standard InChI is InChI=1S/C16H20N2O/c1-12-8-9-14(11-13(12)5-4-10-17)16(19)18(2)15-6-3-7-15/h8-9,11,15H,3,6-7,10,17H2,1-2H3. The summed E-state index contributed by atoms with van der Waals surface area (Å²) >= 11 is 0. The summed E-state index contributed by atoms with van der Waals surface area (Å²) in [4.78, 5) is 14.2. The van der Waals surface area contributed by atoms with Crippen LogP contribution >= 0.6 is 0 Å². The normalized spacial score (nSPS) is 14.3. The lowest BCUT2D eigenvalue weighted by Crippen LogP contribution is -2.41. The van der Waals surface area contributed by atoms with E-state index in [-0.39, 0.29) is 5.91 Å². The van der Waals surface area contributed by atoms with E-state index in [0.29, 0.717) is 18.2 Å². The first-order valence-electron chi connectivity index (χ1n) is 6.70. The largest absolute Gasteiger partial charge is 0.339 e. The van der Waals surface area contributed by atoms with Gasteiger partial charge in [0.15, 0.2) is 0 Å². The second-order valence-electron chi connectivity index (χ2n) is 5.04. The maximum atomic E-state index is 12.4. The minimum atomic E-state index is 0.0838. The Hall–Kier alpha value is -1.79. The Kier molecular flexibility index (Phi) is 4.24. The average molecular weight is 256 g/mol. The van der Waals surface area contributed by atoms with Crippen LogP contribution in [0.5, 0.6) is 0 Å². The van der Waals surface area contributed by atoms with Crippen molar-refractivity contribution in [3.8, 4) is 11.8 Å². The Bertz CT molecular complexity index is 535. The Morgan fingerprint density at radius 3 is 2.79 bits per heavy atom. The van der Waals surface area contributed by atoms with Crippen LogP contribution < -0.4 is 5.73 Å². The molecule has 3 nitrogen and oxygen atoms in total. The van der Waals surface area contributed by atoms with Gasteiger partial charge in [-0.05, 0) is 43.9 Å². The van der Waals surface area contributed by atoms with Crippen LogP contribution in [0.2, 0.25) is 0 Å². The number of aryl methyl sites for hydroxylation is 1. The third kappa shape index (κ3) is 2.97. The van der Waals surface area contributed by atoms with Crippen molar-refractivity contribution in [1.29, 1.82) is 0 Å². The molecule has 2 N–H and O–H groups in total. The van der Waals surface area contributed by atoms with Gasteiger partial charge in [-0.25, -0.2) is 0 Å². The number of amides is 1. The van der Waals surface area contributed by atoms with Crippen LogP contribution in [0.15, 0.2) is 18.2 Å². The zero-order valence-electron chi connectivity index (χ0n) is 11.6. The number of benzene rings is 1. The highest BCUT2D eigenvalue weighted by Gasteiger charge is 2.26. The highest BCUT2D eigenvalue weighted by Crippen LogP contribution is 2.25. The fourth-order valence-corrected chi connectivity index (χ4v) is 2.18. The molecule has 1 aromatic carbocycles. The van der Waals surface area contributed by atoms with Crippen LogP contribution in [-0.4, -0.2) is 30.4 Å². The minimum absolute atomic E-state index is 0.0838. The van der Waals surface area contributed by atoms with Gasteiger partial charge in [0.1, 0.15) is 0 Å². The lowest BCUT2D eigenvalue weighted by Gasteiger charge is -2.34. The van der Waals surface area contributed by atoms with E-state index < -0.39 is 0 Å². The number of nitrogens with two attached hydrogens (primary N) is 1. The number of carbonyl (C=O) groups excluding carboxylic acids is 1. The molecule has 2 rings (SSSR count).